The van der Waals surface area contributed by atoms with Gasteiger partial charge in [0.2, 0.25) is 0 Å². The van der Waals surface area contributed by atoms with E-state index < -0.39 is 0 Å². The van der Waals surface area contributed by atoms with E-state index in [1.54, 1.807) is 0 Å². The maximum Gasteiger partial charge on any atom is 0.00922 e. The average molecular weight is 224 g/mol. The van der Waals surface area contributed by atoms with Crippen LogP contribution in [0.1, 0.15) is 51.4 Å². The molecule has 0 unspecified atom stereocenters. The van der Waals surface area contributed by atoms with Crippen LogP contribution in [0.25, 0.3) is 0 Å². The van der Waals surface area contributed by atoms with Crippen LogP contribution in [0.15, 0.2) is 0 Å². The van der Waals surface area contributed by atoms with Crippen molar-refractivity contribution in [2.45, 2.75) is 57.4 Å². The molecule has 1 saturated heterocycles. The van der Waals surface area contributed by atoms with Gasteiger partial charge in [-0.15, -0.1) is 0 Å². The molecular formula is C14H28N2. The van der Waals surface area contributed by atoms with Gasteiger partial charge in [0.15, 0.2) is 0 Å². The standard InChI is InChI=1S/C14H28N2/c1-16(14-7-3-2-4-8-14)11-9-13-6-5-10-15-12-13/h13-15H,2-12H2,1H3/t13-/m1/s1. The summed E-state index contributed by atoms with van der Waals surface area (Å²) in [5.74, 6) is 0.944. The van der Waals surface area contributed by atoms with E-state index in [0.717, 1.165) is 12.0 Å². The number of piperidine rings is 1. The van der Waals surface area contributed by atoms with E-state index in [9.17, 15) is 0 Å². The summed E-state index contributed by atoms with van der Waals surface area (Å²) in [7, 11) is 2.34. The zero-order valence-corrected chi connectivity index (χ0v) is 10.9. The summed E-state index contributed by atoms with van der Waals surface area (Å²) in [4.78, 5) is 2.63. The summed E-state index contributed by atoms with van der Waals surface area (Å²) in [5, 5.41) is 3.52. The Bertz CT molecular complexity index is 181. The molecule has 2 heteroatoms. The molecule has 2 fully saturated rings. The highest BCUT2D eigenvalue weighted by Crippen LogP contribution is 2.22. The van der Waals surface area contributed by atoms with E-state index >= 15 is 0 Å². The van der Waals surface area contributed by atoms with E-state index in [0.29, 0.717) is 0 Å². The van der Waals surface area contributed by atoms with Crippen LogP contribution >= 0.6 is 0 Å². The van der Waals surface area contributed by atoms with Crippen molar-refractivity contribution < 1.29 is 0 Å². The van der Waals surface area contributed by atoms with Gasteiger partial charge in [0, 0.05) is 6.04 Å². The molecule has 2 rings (SSSR count). The molecule has 0 radical (unpaired) electrons. The summed E-state index contributed by atoms with van der Waals surface area (Å²) >= 11 is 0. The van der Waals surface area contributed by atoms with Crippen LogP contribution in [0, 0.1) is 5.92 Å². The summed E-state index contributed by atoms with van der Waals surface area (Å²) < 4.78 is 0. The lowest BCUT2D eigenvalue weighted by Gasteiger charge is -2.33. The molecule has 0 aromatic heterocycles. The molecule has 0 bridgehead atoms. The first kappa shape index (κ1) is 12.4. The molecule has 16 heavy (non-hydrogen) atoms. The van der Waals surface area contributed by atoms with Gasteiger partial charge < -0.3 is 10.2 Å². The van der Waals surface area contributed by atoms with E-state index in [2.05, 4.69) is 17.3 Å². The maximum atomic E-state index is 3.52. The zero-order chi connectivity index (χ0) is 11.2. The van der Waals surface area contributed by atoms with Gasteiger partial charge in [-0.3, -0.25) is 0 Å². The van der Waals surface area contributed by atoms with Crippen molar-refractivity contribution in [3.05, 3.63) is 0 Å². The Labute approximate surface area is 101 Å². The van der Waals surface area contributed by atoms with Crippen LogP contribution in [-0.4, -0.2) is 37.6 Å². The van der Waals surface area contributed by atoms with E-state index in [1.807, 2.05) is 0 Å². The van der Waals surface area contributed by atoms with Crippen molar-refractivity contribution in [2.24, 2.45) is 5.92 Å². The minimum atomic E-state index is 0.894. The predicted octanol–water partition coefficient (Wildman–Crippen LogP) is 2.64. The Hall–Kier alpha value is -0.0800. The highest BCUT2D eigenvalue weighted by Gasteiger charge is 2.19. The number of nitrogens with zero attached hydrogens (tertiary/aromatic N) is 1. The molecule has 1 aliphatic heterocycles. The molecule has 0 aromatic carbocycles. The van der Waals surface area contributed by atoms with Crippen molar-refractivity contribution in [1.82, 2.24) is 10.2 Å². The van der Waals surface area contributed by atoms with Gasteiger partial charge >= 0.3 is 0 Å². The van der Waals surface area contributed by atoms with Crippen LogP contribution in [0.3, 0.4) is 0 Å². The third kappa shape index (κ3) is 3.74. The van der Waals surface area contributed by atoms with Gasteiger partial charge in [-0.2, -0.15) is 0 Å². The Morgan fingerprint density at radius 2 is 1.88 bits per heavy atom. The van der Waals surface area contributed by atoms with Crippen LogP contribution in [-0.2, 0) is 0 Å². The van der Waals surface area contributed by atoms with Crippen molar-refractivity contribution >= 4 is 0 Å². The number of hydrogen-bond donors (Lipinski definition) is 1. The van der Waals surface area contributed by atoms with Gasteiger partial charge in [-0.1, -0.05) is 19.3 Å². The molecule has 2 aliphatic rings. The lowest BCUT2D eigenvalue weighted by molar-refractivity contribution is 0.175. The van der Waals surface area contributed by atoms with Gasteiger partial charge in [-0.05, 0) is 64.7 Å². The molecule has 2 nitrogen and oxygen atoms in total. The van der Waals surface area contributed by atoms with Gasteiger partial charge in [0.25, 0.3) is 0 Å². The molecule has 0 spiro atoms. The van der Waals surface area contributed by atoms with E-state index in [-0.39, 0.29) is 0 Å². The monoisotopic (exact) mass is 224 g/mol. The fourth-order valence-electron chi connectivity index (χ4n) is 3.26. The lowest BCUT2D eigenvalue weighted by atomic mass is 9.92. The van der Waals surface area contributed by atoms with Crippen molar-refractivity contribution in [3.63, 3.8) is 0 Å². The van der Waals surface area contributed by atoms with Crippen LogP contribution in [0.2, 0.25) is 0 Å². The van der Waals surface area contributed by atoms with Crippen molar-refractivity contribution in [2.75, 3.05) is 26.7 Å². The largest absolute Gasteiger partial charge is 0.316 e. The fraction of sp³-hybridized carbons (Fsp3) is 1.00. The predicted molar refractivity (Wildman–Crippen MR) is 69.7 cm³/mol. The van der Waals surface area contributed by atoms with Crippen LogP contribution in [0.5, 0.6) is 0 Å². The average Bonchev–Trinajstić information content (AvgIpc) is 2.38. The molecule has 0 aromatic rings. The third-order valence-electron chi connectivity index (χ3n) is 4.49. The second-order valence-electron chi connectivity index (χ2n) is 5.77. The first-order valence-electron chi connectivity index (χ1n) is 7.27. The number of hydrogen-bond acceptors (Lipinski definition) is 2. The molecule has 1 saturated carbocycles. The summed E-state index contributed by atoms with van der Waals surface area (Å²) in [5.41, 5.74) is 0. The summed E-state index contributed by atoms with van der Waals surface area (Å²) in [6, 6.07) is 0.894. The number of nitrogens with one attached hydrogen (secondary N) is 1. The van der Waals surface area contributed by atoms with Crippen LogP contribution in [0.4, 0.5) is 0 Å². The highest BCUT2D eigenvalue weighted by molar-refractivity contribution is 4.75. The van der Waals surface area contributed by atoms with E-state index in [1.165, 1.54) is 71.0 Å². The molecule has 1 heterocycles. The van der Waals surface area contributed by atoms with Crippen molar-refractivity contribution in [1.29, 1.82) is 0 Å². The minimum absolute atomic E-state index is 0.894. The molecule has 1 aliphatic carbocycles. The highest BCUT2D eigenvalue weighted by atomic mass is 15.1. The SMILES string of the molecule is CN(CC[C@H]1CCCNC1)C1CCCCC1. The van der Waals surface area contributed by atoms with Gasteiger partial charge in [0.05, 0.1) is 0 Å². The Morgan fingerprint density at radius 1 is 1.06 bits per heavy atom. The first-order valence-corrected chi connectivity index (χ1v) is 7.27. The second-order valence-corrected chi connectivity index (χ2v) is 5.77. The topological polar surface area (TPSA) is 15.3 Å². The van der Waals surface area contributed by atoms with Crippen LogP contribution < -0.4 is 5.32 Å². The smallest absolute Gasteiger partial charge is 0.00922 e. The van der Waals surface area contributed by atoms with E-state index in [4.69, 9.17) is 0 Å². The first-order chi connectivity index (χ1) is 7.86. The molecule has 1 atom stereocenters. The Balaban J connectivity index is 1.63. The zero-order valence-electron chi connectivity index (χ0n) is 10.9. The Kier molecular flexibility index (Phi) is 5.11. The molecular weight excluding hydrogens is 196 g/mol. The number of rotatable bonds is 4. The summed E-state index contributed by atoms with van der Waals surface area (Å²) in [6.07, 6.45) is 11.5. The lowest BCUT2D eigenvalue weighted by Crippen LogP contribution is -2.37. The second kappa shape index (κ2) is 6.61. The van der Waals surface area contributed by atoms with Crippen molar-refractivity contribution in [3.8, 4) is 0 Å². The normalized spacial score (nSPS) is 28.5. The quantitative estimate of drug-likeness (QED) is 0.790. The minimum Gasteiger partial charge on any atom is -0.316 e. The van der Waals surface area contributed by atoms with Gasteiger partial charge in [-0.25, -0.2) is 0 Å². The molecule has 1 N–H and O–H groups in total. The summed E-state index contributed by atoms with van der Waals surface area (Å²) in [6.45, 7) is 3.82. The maximum absolute atomic E-state index is 3.52. The fourth-order valence-corrected chi connectivity index (χ4v) is 3.26. The third-order valence-corrected chi connectivity index (χ3v) is 4.49. The molecule has 94 valence electrons. The van der Waals surface area contributed by atoms with Gasteiger partial charge in [0.1, 0.15) is 0 Å². The Morgan fingerprint density at radius 3 is 2.56 bits per heavy atom. The molecule has 0 amide bonds.